The molecule has 2 N–H and O–H groups in total. The van der Waals surface area contributed by atoms with Gasteiger partial charge < -0.3 is 14.2 Å². The lowest BCUT2D eigenvalue weighted by Crippen LogP contribution is -2.40. The Balaban J connectivity index is 4.84. The molecule has 0 aromatic carbocycles. The Kier molecular flexibility index (Phi) is 10.6. The Morgan fingerprint density at radius 1 is 0.929 bits per heavy atom. The van der Waals surface area contributed by atoms with Crippen molar-refractivity contribution in [3.63, 3.8) is 0 Å². The molecule has 0 radical (unpaired) electrons. The molecule has 28 heavy (non-hydrogen) atoms. The molecule has 0 saturated carbocycles. The fourth-order valence-corrected chi connectivity index (χ4v) is 2.28. The van der Waals surface area contributed by atoms with Crippen LogP contribution in [0.4, 0.5) is 0 Å². The number of unbranched alkanes of at least 4 members (excludes halogenated alkanes) is 1. The summed E-state index contributed by atoms with van der Waals surface area (Å²) in [6.45, 7) is 10.3. The SMILES string of the molecule is C=C(C)C(=O)OCC(C)(COC(=O)C(=C)C)C(=O)OCCCCS(=O)(=O)ON. The average molecular weight is 421 g/mol. The topological polar surface area (TPSA) is 148 Å². The summed E-state index contributed by atoms with van der Waals surface area (Å²) in [7, 11) is -3.80. The molecule has 0 amide bonds. The second kappa shape index (κ2) is 11.6. The highest BCUT2D eigenvalue weighted by atomic mass is 32.2. The maximum atomic E-state index is 12.4. The Morgan fingerprint density at radius 3 is 1.79 bits per heavy atom. The molecule has 0 aromatic rings. The highest BCUT2D eigenvalue weighted by Gasteiger charge is 2.38. The fraction of sp³-hybridized carbons (Fsp3) is 0.588. The van der Waals surface area contributed by atoms with Gasteiger partial charge in [-0.2, -0.15) is 18.6 Å². The van der Waals surface area contributed by atoms with Crippen LogP contribution in [0.2, 0.25) is 0 Å². The first-order valence-electron chi connectivity index (χ1n) is 8.28. The predicted molar refractivity (Wildman–Crippen MR) is 98.9 cm³/mol. The van der Waals surface area contributed by atoms with Crippen LogP contribution >= 0.6 is 0 Å². The first-order chi connectivity index (χ1) is 12.8. The van der Waals surface area contributed by atoms with E-state index in [0.717, 1.165) is 0 Å². The number of ether oxygens (including phenoxy) is 3. The first-order valence-corrected chi connectivity index (χ1v) is 9.86. The minimum Gasteiger partial charge on any atom is -0.465 e. The fourth-order valence-electron chi connectivity index (χ4n) is 1.62. The van der Waals surface area contributed by atoms with Crippen LogP contribution in [0.15, 0.2) is 24.3 Å². The third-order valence-corrected chi connectivity index (χ3v) is 4.48. The van der Waals surface area contributed by atoms with Gasteiger partial charge in [0.2, 0.25) is 0 Å². The van der Waals surface area contributed by atoms with Crippen LogP contribution < -0.4 is 5.90 Å². The van der Waals surface area contributed by atoms with Gasteiger partial charge in [0.05, 0.1) is 12.4 Å². The zero-order valence-corrected chi connectivity index (χ0v) is 17.1. The molecule has 0 heterocycles. The van der Waals surface area contributed by atoms with Crippen molar-refractivity contribution >= 4 is 28.0 Å². The van der Waals surface area contributed by atoms with Gasteiger partial charge >= 0.3 is 17.9 Å². The van der Waals surface area contributed by atoms with Crippen molar-refractivity contribution in [1.29, 1.82) is 0 Å². The second-order valence-corrected chi connectivity index (χ2v) is 8.19. The van der Waals surface area contributed by atoms with E-state index in [4.69, 9.17) is 14.2 Å². The highest BCUT2D eigenvalue weighted by molar-refractivity contribution is 7.86. The molecule has 11 heteroatoms. The van der Waals surface area contributed by atoms with Crippen LogP contribution in [0, 0.1) is 5.41 Å². The van der Waals surface area contributed by atoms with E-state index in [1.165, 1.54) is 20.8 Å². The van der Waals surface area contributed by atoms with Crippen molar-refractivity contribution in [2.45, 2.75) is 33.6 Å². The molecule has 0 unspecified atom stereocenters. The van der Waals surface area contributed by atoms with E-state index in [9.17, 15) is 22.8 Å². The first kappa shape index (κ1) is 25.8. The summed E-state index contributed by atoms with van der Waals surface area (Å²) in [4.78, 5) is 35.6. The quantitative estimate of drug-likeness (QED) is 0.149. The standard InChI is InChI=1S/C17H27NO9S/c1-12(2)14(19)25-10-17(5,11-26-15(20)13(3)4)16(21)24-8-6-7-9-28(22,23)27-18/h1,3,6-11,18H2,2,4-5H3. The summed E-state index contributed by atoms with van der Waals surface area (Å²) in [5.74, 6) is 2.08. The van der Waals surface area contributed by atoms with Crippen LogP contribution in [0.3, 0.4) is 0 Å². The highest BCUT2D eigenvalue weighted by Crippen LogP contribution is 2.21. The van der Waals surface area contributed by atoms with E-state index in [2.05, 4.69) is 23.3 Å². The number of esters is 3. The smallest absolute Gasteiger partial charge is 0.333 e. The van der Waals surface area contributed by atoms with Crippen molar-refractivity contribution in [2.24, 2.45) is 11.3 Å². The third kappa shape index (κ3) is 9.62. The van der Waals surface area contributed by atoms with Gasteiger partial charge in [0.1, 0.15) is 18.6 Å². The largest absolute Gasteiger partial charge is 0.465 e. The average Bonchev–Trinajstić information content (AvgIpc) is 2.63. The van der Waals surface area contributed by atoms with Gasteiger partial charge in [-0.1, -0.05) is 13.2 Å². The van der Waals surface area contributed by atoms with E-state index in [1.807, 2.05) is 0 Å². The van der Waals surface area contributed by atoms with Crippen molar-refractivity contribution in [3.05, 3.63) is 24.3 Å². The molecular weight excluding hydrogens is 394 g/mol. The molecule has 10 nitrogen and oxygen atoms in total. The molecule has 0 fully saturated rings. The molecule has 0 aliphatic rings. The Morgan fingerprint density at radius 2 is 1.39 bits per heavy atom. The minimum atomic E-state index is -3.80. The number of hydrogen-bond donors (Lipinski definition) is 1. The summed E-state index contributed by atoms with van der Waals surface area (Å²) >= 11 is 0. The maximum absolute atomic E-state index is 12.4. The lowest BCUT2D eigenvalue weighted by molar-refractivity contribution is -0.168. The van der Waals surface area contributed by atoms with Crippen LogP contribution in [-0.4, -0.2) is 51.9 Å². The number of rotatable bonds is 13. The molecule has 0 aliphatic heterocycles. The number of nitrogens with two attached hydrogens (primary N) is 1. The Labute approximate surface area is 164 Å². The van der Waals surface area contributed by atoms with Gasteiger partial charge in [-0.05, 0) is 33.6 Å². The van der Waals surface area contributed by atoms with Crippen molar-refractivity contribution < 1.29 is 41.3 Å². The maximum Gasteiger partial charge on any atom is 0.333 e. The number of carbonyl (C=O) groups is 3. The van der Waals surface area contributed by atoms with E-state index >= 15 is 0 Å². The summed E-state index contributed by atoms with van der Waals surface area (Å²) < 4.78 is 41.1. The molecule has 0 aliphatic carbocycles. The van der Waals surface area contributed by atoms with E-state index in [-0.39, 0.29) is 36.3 Å². The Bertz CT molecular complexity index is 682. The monoisotopic (exact) mass is 421 g/mol. The third-order valence-electron chi connectivity index (χ3n) is 3.40. The number of hydrogen-bond acceptors (Lipinski definition) is 10. The lowest BCUT2D eigenvalue weighted by Gasteiger charge is -2.26. The summed E-state index contributed by atoms with van der Waals surface area (Å²) in [5, 5.41) is 0. The zero-order valence-electron chi connectivity index (χ0n) is 16.3. The minimum absolute atomic E-state index is 0.0998. The molecule has 0 saturated heterocycles. The summed E-state index contributed by atoms with van der Waals surface area (Å²) in [6, 6.07) is 0. The molecule has 0 bridgehead atoms. The van der Waals surface area contributed by atoms with Crippen LogP contribution in [0.25, 0.3) is 0 Å². The molecule has 0 aromatic heterocycles. The second-order valence-electron chi connectivity index (χ2n) is 6.47. The van der Waals surface area contributed by atoms with Crippen molar-refractivity contribution in [3.8, 4) is 0 Å². The van der Waals surface area contributed by atoms with Gasteiger partial charge in [0, 0.05) is 11.1 Å². The zero-order chi connectivity index (χ0) is 22.0. The van der Waals surface area contributed by atoms with Gasteiger partial charge in [-0.3, -0.25) is 4.79 Å². The van der Waals surface area contributed by atoms with Gasteiger partial charge in [0.25, 0.3) is 10.1 Å². The van der Waals surface area contributed by atoms with Crippen LogP contribution in [0.5, 0.6) is 0 Å². The number of carbonyl (C=O) groups excluding carboxylic acids is 3. The van der Waals surface area contributed by atoms with Crippen LogP contribution in [0.1, 0.15) is 33.6 Å². The Hall–Kier alpha value is -2.24. The van der Waals surface area contributed by atoms with E-state index in [1.54, 1.807) is 0 Å². The van der Waals surface area contributed by atoms with E-state index < -0.39 is 46.7 Å². The lowest BCUT2D eigenvalue weighted by atomic mass is 9.93. The van der Waals surface area contributed by atoms with Gasteiger partial charge in [0.15, 0.2) is 0 Å². The molecule has 0 rings (SSSR count). The molecule has 160 valence electrons. The van der Waals surface area contributed by atoms with Crippen LogP contribution in [-0.2, 0) is 43.0 Å². The summed E-state index contributed by atoms with van der Waals surface area (Å²) in [6.07, 6.45) is 0.375. The molecule has 0 spiro atoms. The predicted octanol–water partition coefficient (Wildman–Crippen LogP) is 0.775. The molecular formula is C17H27NO9S. The van der Waals surface area contributed by atoms with E-state index in [0.29, 0.717) is 0 Å². The summed E-state index contributed by atoms with van der Waals surface area (Å²) in [5.41, 5.74) is -1.20. The van der Waals surface area contributed by atoms with Crippen molar-refractivity contribution in [1.82, 2.24) is 0 Å². The van der Waals surface area contributed by atoms with Gasteiger partial charge in [-0.15, -0.1) is 0 Å². The molecule has 0 atom stereocenters. The van der Waals surface area contributed by atoms with Gasteiger partial charge in [-0.25, -0.2) is 9.59 Å². The van der Waals surface area contributed by atoms with Crippen molar-refractivity contribution in [2.75, 3.05) is 25.6 Å². The normalized spacial score (nSPS) is 11.4.